The quantitative estimate of drug-likeness (QED) is 0.568. The monoisotopic (exact) mass is 400 g/mol. The molecule has 2 aromatic carbocycles. The van der Waals surface area contributed by atoms with Gasteiger partial charge in [-0.2, -0.15) is 0 Å². The third kappa shape index (κ3) is 4.73. The first-order valence-electron chi connectivity index (χ1n) is 9.35. The molecule has 27 heavy (non-hydrogen) atoms. The van der Waals surface area contributed by atoms with E-state index in [1.54, 1.807) is 6.20 Å². The molecule has 0 bridgehead atoms. The second kappa shape index (κ2) is 8.47. The third-order valence-electron chi connectivity index (χ3n) is 5.14. The van der Waals surface area contributed by atoms with E-state index in [1.165, 1.54) is 5.56 Å². The highest BCUT2D eigenvalue weighted by Crippen LogP contribution is 2.33. The summed E-state index contributed by atoms with van der Waals surface area (Å²) < 4.78 is 6.22. The van der Waals surface area contributed by atoms with Crippen molar-refractivity contribution in [2.75, 3.05) is 0 Å². The molecule has 0 aliphatic heterocycles. The van der Waals surface area contributed by atoms with E-state index in [0.717, 1.165) is 53.8 Å². The van der Waals surface area contributed by atoms with Crippen molar-refractivity contribution in [1.29, 1.82) is 0 Å². The lowest BCUT2D eigenvalue weighted by Gasteiger charge is -2.30. The van der Waals surface area contributed by atoms with Crippen LogP contribution in [0.1, 0.15) is 31.2 Å². The fourth-order valence-electron chi connectivity index (χ4n) is 3.65. The molecule has 1 heterocycles. The molecule has 1 N–H and O–H groups in total. The van der Waals surface area contributed by atoms with E-state index in [0.29, 0.717) is 11.1 Å². The minimum absolute atomic E-state index is 0.214. The van der Waals surface area contributed by atoms with Gasteiger partial charge in [-0.1, -0.05) is 35.3 Å². The highest BCUT2D eigenvalue weighted by molar-refractivity contribution is 6.32. The van der Waals surface area contributed by atoms with Gasteiger partial charge in [0.15, 0.2) is 0 Å². The summed E-state index contributed by atoms with van der Waals surface area (Å²) in [5.74, 6) is 0.769. The summed E-state index contributed by atoms with van der Waals surface area (Å²) >= 11 is 12.5. The Morgan fingerprint density at radius 1 is 1.00 bits per heavy atom. The van der Waals surface area contributed by atoms with Gasteiger partial charge in [0.25, 0.3) is 0 Å². The number of nitrogens with zero attached hydrogens (tertiary/aromatic N) is 1. The highest BCUT2D eigenvalue weighted by Gasteiger charge is 2.23. The molecule has 0 amide bonds. The van der Waals surface area contributed by atoms with E-state index in [2.05, 4.69) is 16.4 Å². The van der Waals surface area contributed by atoms with E-state index in [9.17, 15) is 0 Å². The van der Waals surface area contributed by atoms with Gasteiger partial charge in [-0.05, 0) is 67.0 Å². The van der Waals surface area contributed by atoms with Gasteiger partial charge in [0, 0.05) is 35.4 Å². The van der Waals surface area contributed by atoms with E-state index >= 15 is 0 Å². The molecule has 1 fully saturated rings. The molecule has 1 aliphatic rings. The zero-order valence-corrected chi connectivity index (χ0v) is 16.5. The molecule has 0 atom stereocenters. The second-order valence-electron chi connectivity index (χ2n) is 7.11. The SMILES string of the molecule is Clc1cccc(CN[C@H]2CC[C@H](Oc3cc4ccncc4cc3Cl)CC2)c1. The molecule has 4 rings (SSSR count). The normalized spacial score (nSPS) is 19.9. The van der Waals surface area contributed by atoms with Crippen molar-refractivity contribution in [1.82, 2.24) is 10.3 Å². The molecular formula is C22H22Cl2N2O. The van der Waals surface area contributed by atoms with Gasteiger partial charge in [-0.15, -0.1) is 0 Å². The molecule has 3 aromatic rings. The zero-order valence-electron chi connectivity index (χ0n) is 15.0. The molecule has 0 radical (unpaired) electrons. The molecule has 0 spiro atoms. The number of fused-ring (bicyclic) bond motifs is 1. The van der Waals surface area contributed by atoms with Crippen LogP contribution in [0.4, 0.5) is 0 Å². The maximum Gasteiger partial charge on any atom is 0.138 e. The molecular weight excluding hydrogens is 379 g/mol. The van der Waals surface area contributed by atoms with Crippen LogP contribution in [0.3, 0.4) is 0 Å². The van der Waals surface area contributed by atoms with Crippen LogP contribution in [-0.4, -0.2) is 17.1 Å². The summed E-state index contributed by atoms with van der Waals surface area (Å²) in [6, 6.07) is 14.5. The summed E-state index contributed by atoms with van der Waals surface area (Å²) in [4.78, 5) is 4.14. The van der Waals surface area contributed by atoms with E-state index in [1.807, 2.05) is 42.6 Å². The van der Waals surface area contributed by atoms with Crippen LogP contribution < -0.4 is 10.1 Å². The third-order valence-corrected chi connectivity index (χ3v) is 5.67. The van der Waals surface area contributed by atoms with Crippen LogP contribution in [0.25, 0.3) is 10.8 Å². The van der Waals surface area contributed by atoms with Crippen molar-refractivity contribution in [3.05, 3.63) is 70.5 Å². The van der Waals surface area contributed by atoms with Crippen LogP contribution in [0.15, 0.2) is 54.9 Å². The van der Waals surface area contributed by atoms with Crippen molar-refractivity contribution in [2.24, 2.45) is 0 Å². The van der Waals surface area contributed by atoms with Crippen molar-refractivity contribution in [2.45, 2.75) is 44.4 Å². The number of nitrogens with one attached hydrogen (secondary N) is 1. The minimum atomic E-state index is 0.214. The first kappa shape index (κ1) is 18.5. The Morgan fingerprint density at radius 3 is 2.67 bits per heavy atom. The predicted molar refractivity (Wildman–Crippen MR) is 112 cm³/mol. The Labute approximate surface area is 169 Å². The van der Waals surface area contributed by atoms with Gasteiger partial charge in [0.2, 0.25) is 0 Å². The van der Waals surface area contributed by atoms with Gasteiger partial charge < -0.3 is 10.1 Å². The van der Waals surface area contributed by atoms with E-state index in [-0.39, 0.29) is 6.10 Å². The summed E-state index contributed by atoms with van der Waals surface area (Å²) in [6.07, 6.45) is 8.07. The highest BCUT2D eigenvalue weighted by atomic mass is 35.5. The summed E-state index contributed by atoms with van der Waals surface area (Å²) in [6.45, 7) is 0.849. The second-order valence-corrected chi connectivity index (χ2v) is 7.95. The maximum absolute atomic E-state index is 6.41. The largest absolute Gasteiger partial charge is 0.489 e. The Morgan fingerprint density at radius 2 is 1.85 bits per heavy atom. The van der Waals surface area contributed by atoms with Gasteiger partial charge in [0.05, 0.1) is 11.1 Å². The van der Waals surface area contributed by atoms with Crippen LogP contribution in [-0.2, 0) is 6.54 Å². The summed E-state index contributed by atoms with van der Waals surface area (Å²) in [5.41, 5.74) is 1.22. The Hall–Kier alpha value is -1.81. The molecule has 1 aromatic heterocycles. The minimum Gasteiger partial charge on any atom is -0.489 e. The molecule has 0 unspecified atom stereocenters. The zero-order chi connectivity index (χ0) is 18.6. The van der Waals surface area contributed by atoms with Crippen LogP contribution in [0, 0.1) is 0 Å². The van der Waals surface area contributed by atoms with E-state index in [4.69, 9.17) is 27.9 Å². The average molecular weight is 401 g/mol. The lowest BCUT2D eigenvalue weighted by atomic mass is 9.92. The van der Waals surface area contributed by atoms with Crippen molar-refractivity contribution in [3.8, 4) is 5.75 Å². The van der Waals surface area contributed by atoms with Gasteiger partial charge in [0.1, 0.15) is 5.75 Å². The molecule has 1 aliphatic carbocycles. The van der Waals surface area contributed by atoms with Gasteiger partial charge in [-0.25, -0.2) is 0 Å². The van der Waals surface area contributed by atoms with Gasteiger partial charge >= 0.3 is 0 Å². The average Bonchev–Trinajstić information content (AvgIpc) is 2.68. The number of hydrogen-bond acceptors (Lipinski definition) is 3. The number of benzene rings is 2. The topological polar surface area (TPSA) is 34.1 Å². The first-order chi connectivity index (χ1) is 13.2. The van der Waals surface area contributed by atoms with Crippen molar-refractivity contribution < 1.29 is 4.74 Å². The Balaban J connectivity index is 1.31. The number of hydrogen-bond donors (Lipinski definition) is 1. The Bertz CT molecular complexity index is 923. The summed E-state index contributed by atoms with van der Waals surface area (Å²) in [5, 5.41) is 7.20. The number of rotatable bonds is 5. The Kier molecular flexibility index (Phi) is 5.82. The predicted octanol–water partition coefficient (Wildman–Crippen LogP) is 6.02. The fourth-order valence-corrected chi connectivity index (χ4v) is 4.08. The number of aromatic nitrogens is 1. The molecule has 1 saturated carbocycles. The number of ether oxygens (including phenoxy) is 1. The van der Waals surface area contributed by atoms with Crippen LogP contribution in [0.5, 0.6) is 5.75 Å². The standard InChI is InChI=1S/C22H22Cl2N2O/c23-18-3-1-2-15(10-18)13-26-19-4-6-20(7-5-19)27-22-12-16-8-9-25-14-17(16)11-21(22)24/h1-3,8-12,14,19-20,26H,4-7,13H2/t19-,20-. The number of pyridine rings is 1. The molecule has 0 saturated heterocycles. The maximum atomic E-state index is 6.41. The van der Waals surface area contributed by atoms with Crippen molar-refractivity contribution >= 4 is 34.0 Å². The molecule has 3 nitrogen and oxygen atoms in total. The van der Waals surface area contributed by atoms with E-state index < -0.39 is 0 Å². The lowest BCUT2D eigenvalue weighted by molar-refractivity contribution is 0.139. The van der Waals surface area contributed by atoms with Gasteiger partial charge in [-0.3, -0.25) is 4.98 Å². The summed E-state index contributed by atoms with van der Waals surface area (Å²) in [7, 11) is 0. The number of halogens is 2. The van der Waals surface area contributed by atoms with Crippen LogP contribution >= 0.6 is 23.2 Å². The lowest BCUT2D eigenvalue weighted by Crippen LogP contribution is -2.36. The van der Waals surface area contributed by atoms with Crippen LogP contribution in [0.2, 0.25) is 10.0 Å². The fraction of sp³-hybridized carbons (Fsp3) is 0.318. The first-order valence-corrected chi connectivity index (χ1v) is 10.1. The smallest absolute Gasteiger partial charge is 0.138 e. The molecule has 5 heteroatoms. The molecule has 140 valence electrons. The van der Waals surface area contributed by atoms with Crippen molar-refractivity contribution in [3.63, 3.8) is 0 Å².